The van der Waals surface area contributed by atoms with Crippen molar-refractivity contribution in [2.75, 3.05) is 0 Å². The van der Waals surface area contributed by atoms with Crippen molar-refractivity contribution in [3.63, 3.8) is 0 Å². The Morgan fingerprint density at radius 2 is 2.25 bits per heavy atom. The summed E-state index contributed by atoms with van der Waals surface area (Å²) in [5.74, 6) is -1.49. The molecular formula is C10H7FN2O2S. The normalized spacial score (nSPS) is 10.4. The summed E-state index contributed by atoms with van der Waals surface area (Å²) in [5.41, 5.74) is 1.13. The average molecular weight is 238 g/mol. The summed E-state index contributed by atoms with van der Waals surface area (Å²) in [6.45, 7) is 1.64. The molecule has 0 bridgehead atoms. The molecule has 0 saturated heterocycles. The second kappa shape index (κ2) is 3.97. The van der Waals surface area contributed by atoms with E-state index < -0.39 is 5.97 Å². The number of aromatic carboxylic acids is 1. The first-order valence-electron chi connectivity index (χ1n) is 4.42. The largest absolute Gasteiger partial charge is 0.477 e. The third kappa shape index (κ3) is 1.79. The predicted octanol–water partition coefficient (Wildman–Crippen LogP) is 2.35. The van der Waals surface area contributed by atoms with E-state index in [0.29, 0.717) is 11.1 Å². The Morgan fingerprint density at radius 3 is 2.88 bits per heavy atom. The van der Waals surface area contributed by atoms with Crippen LogP contribution in [0.25, 0.3) is 11.3 Å². The van der Waals surface area contributed by atoms with Crippen molar-refractivity contribution in [3.05, 3.63) is 34.5 Å². The highest BCUT2D eigenvalue weighted by Gasteiger charge is 2.17. The summed E-state index contributed by atoms with van der Waals surface area (Å²) in [6.07, 6.45) is 0. The lowest BCUT2D eigenvalue weighted by Gasteiger charge is -2.00. The zero-order chi connectivity index (χ0) is 11.7. The number of carboxylic acids is 1. The molecule has 0 amide bonds. The van der Waals surface area contributed by atoms with Crippen LogP contribution in [-0.2, 0) is 0 Å². The maximum Gasteiger partial charge on any atom is 0.349 e. The van der Waals surface area contributed by atoms with Gasteiger partial charge in [-0.25, -0.2) is 9.18 Å². The predicted molar refractivity (Wildman–Crippen MR) is 57.0 cm³/mol. The minimum absolute atomic E-state index is 0.0169. The van der Waals surface area contributed by atoms with Crippen molar-refractivity contribution in [2.45, 2.75) is 6.92 Å². The number of carbonyl (C=O) groups is 1. The van der Waals surface area contributed by atoms with E-state index in [2.05, 4.69) is 9.59 Å². The van der Waals surface area contributed by atoms with E-state index in [4.69, 9.17) is 5.11 Å². The number of aromatic nitrogens is 2. The number of carboxylic acid groups (broad SMARTS) is 1. The maximum atomic E-state index is 13.3. The first-order chi connectivity index (χ1) is 7.59. The van der Waals surface area contributed by atoms with E-state index in [-0.39, 0.29) is 16.4 Å². The van der Waals surface area contributed by atoms with Crippen LogP contribution in [0.4, 0.5) is 4.39 Å². The molecule has 4 nitrogen and oxygen atoms in total. The zero-order valence-corrected chi connectivity index (χ0v) is 9.08. The number of rotatable bonds is 2. The molecule has 1 aromatic heterocycles. The number of nitrogens with zero attached hydrogens (tertiary/aromatic N) is 2. The van der Waals surface area contributed by atoms with Crippen LogP contribution in [0.2, 0.25) is 0 Å². The standard InChI is InChI=1S/C10H7FN2O2S/c1-5-2-3-6(4-7(5)11)8-9(10(14)15)16-13-12-8/h2-4H,1H3,(H,14,15). The van der Waals surface area contributed by atoms with Gasteiger partial charge in [-0.3, -0.25) is 0 Å². The van der Waals surface area contributed by atoms with Gasteiger partial charge in [-0.2, -0.15) is 0 Å². The molecule has 82 valence electrons. The van der Waals surface area contributed by atoms with Crippen LogP contribution in [0, 0.1) is 12.7 Å². The fourth-order valence-electron chi connectivity index (χ4n) is 1.26. The second-order valence-corrected chi connectivity index (χ2v) is 3.97. The Labute approximate surface area is 94.5 Å². The van der Waals surface area contributed by atoms with Crippen molar-refractivity contribution in [1.29, 1.82) is 0 Å². The van der Waals surface area contributed by atoms with E-state index in [1.54, 1.807) is 19.1 Å². The van der Waals surface area contributed by atoms with E-state index in [1.807, 2.05) is 0 Å². The Hall–Kier alpha value is -1.82. The Morgan fingerprint density at radius 1 is 1.50 bits per heavy atom. The fraction of sp³-hybridized carbons (Fsp3) is 0.100. The molecule has 1 aromatic carbocycles. The molecule has 1 heterocycles. The summed E-state index contributed by atoms with van der Waals surface area (Å²) in [7, 11) is 0. The first-order valence-corrected chi connectivity index (χ1v) is 5.19. The highest BCUT2D eigenvalue weighted by atomic mass is 32.1. The van der Waals surface area contributed by atoms with Gasteiger partial charge in [-0.1, -0.05) is 16.6 Å². The highest BCUT2D eigenvalue weighted by molar-refractivity contribution is 7.08. The summed E-state index contributed by atoms with van der Waals surface area (Å²) in [6, 6.07) is 4.47. The minimum Gasteiger partial charge on any atom is -0.477 e. The number of hydrogen-bond donors (Lipinski definition) is 1. The first kappa shape index (κ1) is 10.7. The van der Waals surface area contributed by atoms with Crippen LogP contribution in [0.1, 0.15) is 15.2 Å². The maximum absolute atomic E-state index is 13.3. The van der Waals surface area contributed by atoms with Crippen molar-refractivity contribution < 1.29 is 14.3 Å². The summed E-state index contributed by atoms with van der Waals surface area (Å²) < 4.78 is 16.9. The van der Waals surface area contributed by atoms with Gasteiger partial charge < -0.3 is 5.11 Å². The van der Waals surface area contributed by atoms with Crippen molar-refractivity contribution in [1.82, 2.24) is 9.59 Å². The van der Waals surface area contributed by atoms with Gasteiger partial charge in [0.05, 0.1) is 0 Å². The van der Waals surface area contributed by atoms with Gasteiger partial charge in [0.25, 0.3) is 0 Å². The molecule has 0 aliphatic heterocycles. The fourth-order valence-corrected chi connectivity index (χ4v) is 1.79. The van der Waals surface area contributed by atoms with Crippen molar-refractivity contribution >= 4 is 17.5 Å². The van der Waals surface area contributed by atoms with E-state index >= 15 is 0 Å². The van der Waals surface area contributed by atoms with E-state index in [1.165, 1.54) is 6.07 Å². The van der Waals surface area contributed by atoms with Gasteiger partial charge in [-0.15, -0.1) is 5.10 Å². The van der Waals surface area contributed by atoms with Gasteiger partial charge in [0, 0.05) is 5.56 Å². The van der Waals surface area contributed by atoms with Crippen LogP contribution >= 0.6 is 11.5 Å². The number of hydrogen-bond acceptors (Lipinski definition) is 4. The number of benzene rings is 1. The average Bonchev–Trinajstić information content (AvgIpc) is 2.71. The molecule has 0 atom stereocenters. The lowest BCUT2D eigenvalue weighted by Crippen LogP contribution is -1.96. The summed E-state index contributed by atoms with van der Waals surface area (Å²) >= 11 is 0.779. The van der Waals surface area contributed by atoms with Gasteiger partial charge in [-0.05, 0) is 30.1 Å². The highest BCUT2D eigenvalue weighted by Crippen LogP contribution is 2.25. The van der Waals surface area contributed by atoms with Crippen molar-refractivity contribution in [3.8, 4) is 11.3 Å². The minimum atomic E-state index is -1.11. The number of halogens is 1. The van der Waals surface area contributed by atoms with E-state index in [9.17, 15) is 9.18 Å². The van der Waals surface area contributed by atoms with Gasteiger partial charge >= 0.3 is 5.97 Å². The summed E-state index contributed by atoms with van der Waals surface area (Å²) in [4.78, 5) is 10.9. The molecule has 0 fully saturated rings. The third-order valence-electron chi connectivity index (χ3n) is 2.13. The molecule has 6 heteroatoms. The van der Waals surface area contributed by atoms with Crippen LogP contribution in [0.5, 0.6) is 0 Å². The van der Waals surface area contributed by atoms with Crippen molar-refractivity contribution in [2.24, 2.45) is 0 Å². The molecule has 1 N–H and O–H groups in total. The Kier molecular flexibility index (Phi) is 2.66. The summed E-state index contributed by atoms with van der Waals surface area (Å²) in [5, 5.41) is 12.6. The molecule has 0 aliphatic rings. The second-order valence-electron chi connectivity index (χ2n) is 3.22. The Bertz CT molecular complexity index is 554. The van der Waals surface area contributed by atoms with Gasteiger partial charge in [0.1, 0.15) is 11.5 Å². The molecule has 0 saturated carbocycles. The lowest BCUT2D eigenvalue weighted by atomic mass is 10.1. The van der Waals surface area contributed by atoms with Gasteiger partial charge in [0.15, 0.2) is 4.88 Å². The molecule has 0 spiro atoms. The molecule has 0 unspecified atom stereocenters. The van der Waals surface area contributed by atoms with Crippen LogP contribution < -0.4 is 0 Å². The van der Waals surface area contributed by atoms with Crippen LogP contribution in [0.15, 0.2) is 18.2 Å². The van der Waals surface area contributed by atoms with Gasteiger partial charge in [0.2, 0.25) is 0 Å². The van der Waals surface area contributed by atoms with Crippen LogP contribution in [-0.4, -0.2) is 20.7 Å². The van der Waals surface area contributed by atoms with E-state index in [0.717, 1.165) is 11.5 Å². The smallest absolute Gasteiger partial charge is 0.349 e. The monoisotopic (exact) mass is 238 g/mol. The molecular weight excluding hydrogens is 231 g/mol. The quantitative estimate of drug-likeness (QED) is 0.872. The lowest BCUT2D eigenvalue weighted by molar-refractivity contribution is 0.0702. The SMILES string of the molecule is Cc1ccc(-c2nnsc2C(=O)O)cc1F. The molecule has 0 radical (unpaired) electrons. The van der Waals surface area contributed by atoms with Crippen LogP contribution in [0.3, 0.4) is 0 Å². The zero-order valence-electron chi connectivity index (χ0n) is 8.27. The Balaban J connectivity index is 2.54. The molecule has 0 aliphatic carbocycles. The molecule has 2 aromatic rings. The topological polar surface area (TPSA) is 63.1 Å². The third-order valence-corrected chi connectivity index (χ3v) is 2.84. The molecule has 16 heavy (non-hydrogen) atoms. The molecule has 2 rings (SSSR count). The number of aryl methyl sites for hydroxylation is 1.